The fourth-order valence-corrected chi connectivity index (χ4v) is 4.05. The van der Waals surface area contributed by atoms with Gasteiger partial charge in [0.25, 0.3) is 0 Å². The number of nitrogens with one attached hydrogen (secondary N) is 2. The molecule has 1 aromatic carbocycles. The van der Waals surface area contributed by atoms with Crippen molar-refractivity contribution in [2.45, 2.75) is 18.9 Å². The second-order valence-electron chi connectivity index (χ2n) is 8.03. The first-order valence-corrected chi connectivity index (χ1v) is 10.8. The minimum Gasteiger partial charge on any atom is -0.354 e. The number of nitrogens with zero attached hydrogens (tertiary/aromatic N) is 7. The van der Waals surface area contributed by atoms with Crippen LogP contribution in [0.1, 0.15) is 18.5 Å². The number of anilines is 4. The Hall–Kier alpha value is -4.26. The van der Waals surface area contributed by atoms with Gasteiger partial charge in [0, 0.05) is 48.7 Å². The highest BCUT2D eigenvalue weighted by atomic mass is 16.1. The first-order chi connectivity index (χ1) is 16.1. The SMILES string of the molecule is C#Cc1cnc(NC2CCN(c3nnc(N4CCC4)c4cc(NC(=O)C=C)ccc34)C2)nn1. The highest BCUT2D eigenvalue weighted by Gasteiger charge is 2.28. The number of benzene rings is 1. The number of hydrogen-bond donors (Lipinski definition) is 2. The molecule has 166 valence electrons. The van der Waals surface area contributed by atoms with Crippen LogP contribution in [0.25, 0.3) is 10.8 Å². The molecule has 1 atom stereocenters. The van der Waals surface area contributed by atoms with E-state index < -0.39 is 0 Å². The molecule has 1 unspecified atom stereocenters. The van der Waals surface area contributed by atoms with Crippen LogP contribution in [0, 0.1) is 12.3 Å². The Bertz CT molecular complexity index is 1250. The Morgan fingerprint density at radius 3 is 2.61 bits per heavy atom. The summed E-state index contributed by atoms with van der Waals surface area (Å²) >= 11 is 0. The van der Waals surface area contributed by atoms with Crippen LogP contribution in [0.3, 0.4) is 0 Å². The van der Waals surface area contributed by atoms with Crippen LogP contribution in [0.4, 0.5) is 23.3 Å². The summed E-state index contributed by atoms with van der Waals surface area (Å²) in [5, 5.41) is 25.3. The number of carbonyl (C=O) groups is 1. The predicted molar refractivity (Wildman–Crippen MR) is 127 cm³/mol. The summed E-state index contributed by atoms with van der Waals surface area (Å²) in [7, 11) is 0. The van der Waals surface area contributed by atoms with Crippen LogP contribution < -0.4 is 20.4 Å². The van der Waals surface area contributed by atoms with Crippen molar-refractivity contribution < 1.29 is 4.79 Å². The Balaban J connectivity index is 1.41. The molecule has 2 N–H and O–H groups in total. The highest BCUT2D eigenvalue weighted by Crippen LogP contribution is 2.35. The van der Waals surface area contributed by atoms with Crippen molar-refractivity contribution in [3.8, 4) is 12.3 Å². The molecule has 3 aromatic rings. The molecule has 1 amide bonds. The maximum atomic E-state index is 11.8. The van der Waals surface area contributed by atoms with E-state index in [0.717, 1.165) is 61.4 Å². The van der Waals surface area contributed by atoms with Crippen molar-refractivity contribution in [3.63, 3.8) is 0 Å². The van der Waals surface area contributed by atoms with E-state index in [4.69, 9.17) is 6.42 Å². The van der Waals surface area contributed by atoms with Crippen LogP contribution in [0.2, 0.25) is 0 Å². The lowest BCUT2D eigenvalue weighted by Crippen LogP contribution is -2.38. The summed E-state index contributed by atoms with van der Waals surface area (Å²) in [6.07, 6.45) is 10.1. The largest absolute Gasteiger partial charge is 0.354 e. The van der Waals surface area contributed by atoms with Gasteiger partial charge in [-0.3, -0.25) is 4.79 Å². The maximum Gasteiger partial charge on any atom is 0.247 e. The van der Waals surface area contributed by atoms with Gasteiger partial charge in [0.2, 0.25) is 11.9 Å². The van der Waals surface area contributed by atoms with Crippen LogP contribution >= 0.6 is 0 Å². The molecule has 2 saturated heterocycles. The van der Waals surface area contributed by atoms with Crippen LogP contribution in [0.15, 0.2) is 37.1 Å². The molecule has 0 aliphatic carbocycles. The molecule has 5 rings (SSSR count). The van der Waals surface area contributed by atoms with E-state index in [9.17, 15) is 4.79 Å². The molecule has 2 aromatic heterocycles. The molecule has 2 aliphatic rings. The van der Waals surface area contributed by atoms with Crippen molar-refractivity contribution in [2.24, 2.45) is 0 Å². The second kappa shape index (κ2) is 8.70. The number of aromatic nitrogens is 5. The molecule has 0 radical (unpaired) electrons. The van der Waals surface area contributed by atoms with Gasteiger partial charge in [0.1, 0.15) is 0 Å². The van der Waals surface area contributed by atoms with E-state index in [2.05, 4.69) is 58.3 Å². The van der Waals surface area contributed by atoms with E-state index in [1.165, 1.54) is 12.3 Å². The van der Waals surface area contributed by atoms with Crippen LogP contribution in [0.5, 0.6) is 0 Å². The monoisotopic (exact) mass is 441 g/mol. The Morgan fingerprint density at radius 2 is 1.94 bits per heavy atom. The zero-order valence-electron chi connectivity index (χ0n) is 18.0. The molecular weight excluding hydrogens is 418 g/mol. The van der Waals surface area contributed by atoms with Gasteiger partial charge in [-0.1, -0.05) is 6.58 Å². The average Bonchev–Trinajstić information content (AvgIpc) is 3.26. The smallest absolute Gasteiger partial charge is 0.247 e. The second-order valence-corrected chi connectivity index (χ2v) is 8.03. The Labute approximate surface area is 191 Å². The van der Waals surface area contributed by atoms with E-state index in [0.29, 0.717) is 17.3 Å². The lowest BCUT2D eigenvalue weighted by Gasteiger charge is -2.33. The number of carbonyl (C=O) groups excluding carboxylic acids is 1. The van der Waals surface area contributed by atoms with Crippen molar-refractivity contribution in [1.29, 1.82) is 0 Å². The molecule has 33 heavy (non-hydrogen) atoms. The minimum absolute atomic E-state index is 0.140. The highest BCUT2D eigenvalue weighted by molar-refractivity contribution is 6.04. The van der Waals surface area contributed by atoms with E-state index in [1.807, 2.05) is 18.2 Å². The summed E-state index contributed by atoms with van der Waals surface area (Å²) < 4.78 is 0. The lowest BCUT2D eigenvalue weighted by molar-refractivity contribution is -0.111. The van der Waals surface area contributed by atoms with E-state index >= 15 is 0 Å². The molecule has 0 bridgehead atoms. The zero-order valence-corrected chi connectivity index (χ0v) is 18.0. The van der Waals surface area contributed by atoms with Crippen LogP contribution in [-0.2, 0) is 4.79 Å². The number of amides is 1. The van der Waals surface area contributed by atoms with Gasteiger partial charge < -0.3 is 20.4 Å². The molecular formula is C23H23N9O. The fourth-order valence-electron chi connectivity index (χ4n) is 4.05. The summed E-state index contributed by atoms with van der Waals surface area (Å²) in [6.45, 7) is 6.97. The van der Waals surface area contributed by atoms with Gasteiger partial charge in [0.05, 0.1) is 6.20 Å². The van der Waals surface area contributed by atoms with Crippen molar-refractivity contribution in [2.75, 3.05) is 46.6 Å². The Morgan fingerprint density at radius 1 is 1.12 bits per heavy atom. The average molecular weight is 441 g/mol. The third-order valence-electron chi connectivity index (χ3n) is 5.88. The number of terminal acetylenes is 1. The normalized spacial score (nSPS) is 17.4. The topological polar surface area (TPSA) is 112 Å². The first-order valence-electron chi connectivity index (χ1n) is 10.8. The third kappa shape index (κ3) is 4.13. The summed E-state index contributed by atoms with van der Waals surface area (Å²) in [6, 6.07) is 5.98. The van der Waals surface area contributed by atoms with Crippen molar-refractivity contribution >= 4 is 40.0 Å². The molecule has 2 aliphatic heterocycles. The van der Waals surface area contributed by atoms with Gasteiger partial charge in [-0.2, -0.15) is 0 Å². The lowest BCUT2D eigenvalue weighted by atomic mass is 10.1. The van der Waals surface area contributed by atoms with Gasteiger partial charge in [-0.25, -0.2) is 4.98 Å². The van der Waals surface area contributed by atoms with E-state index in [1.54, 1.807) is 0 Å². The summed E-state index contributed by atoms with van der Waals surface area (Å²) in [5.41, 5.74) is 1.11. The van der Waals surface area contributed by atoms with E-state index in [-0.39, 0.29) is 11.9 Å². The molecule has 0 saturated carbocycles. The van der Waals surface area contributed by atoms with Crippen molar-refractivity contribution in [3.05, 3.63) is 42.7 Å². The summed E-state index contributed by atoms with van der Waals surface area (Å²) in [4.78, 5) is 20.4. The summed E-state index contributed by atoms with van der Waals surface area (Å²) in [5.74, 6) is 4.28. The Kier molecular flexibility index (Phi) is 5.44. The van der Waals surface area contributed by atoms with Crippen molar-refractivity contribution in [1.82, 2.24) is 25.4 Å². The van der Waals surface area contributed by atoms with Gasteiger partial charge in [0.15, 0.2) is 17.3 Å². The zero-order chi connectivity index (χ0) is 22.8. The first kappa shape index (κ1) is 20.6. The number of rotatable bonds is 6. The molecule has 0 spiro atoms. The van der Waals surface area contributed by atoms with Crippen LogP contribution in [-0.4, -0.2) is 63.5 Å². The molecule has 10 heteroatoms. The number of fused-ring (bicyclic) bond motifs is 1. The number of hydrogen-bond acceptors (Lipinski definition) is 9. The third-order valence-corrected chi connectivity index (χ3v) is 5.88. The standard InChI is InChI=1S/C23H23N9O/c1-3-15-13-24-23(30-27-15)26-17-8-11-32(14-17)21-18-7-6-16(25-20(33)4-2)12-19(18)22(29-28-21)31-9-5-10-31/h1,4,6-7,12-13,17H,2,5,8-11,14H2,(H,25,33)(H,24,26,30). The maximum absolute atomic E-state index is 11.8. The van der Waals surface area contributed by atoms with Gasteiger partial charge >= 0.3 is 0 Å². The minimum atomic E-state index is -0.248. The van der Waals surface area contributed by atoms with Gasteiger partial charge in [-0.05, 0) is 43.0 Å². The predicted octanol–water partition coefficient (Wildman–Crippen LogP) is 1.82. The van der Waals surface area contributed by atoms with Gasteiger partial charge in [-0.15, -0.1) is 26.8 Å². The molecule has 10 nitrogen and oxygen atoms in total. The quantitative estimate of drug-likeness (QED) is 0.437. The molecule has 2 fully saturated rings. The molecule has 4 heterocycles. The fraction of sp³-hybridized carbons (Fsp3) is 0.304.